The number of hydrogen-bond donors (Lipinski definition) is 0. The Morgan fingerprint density at radius 1 is 1.30 bits per heavy atom. The first-order chi connectivity index (χ1) is 13.1. The van der Waals surface area contributed by atoms with E-state index < -0.39 is 5.82 Å². The molecule has 1 fully saturated rings. The summed E-state index contributed by atoms with van der Waals surface area (Å²) in [6.45, 7) is 7.87. The molecule has 1 aromatic carbocycles. The third-order valence-corrected chi connectivity index (χ3v) is 4.37. The predicted octanol–water partition coefficient (Wildman–Crippen LogP) is 3.72. The SMILES string of the molecule is CN=N/C(=C(\C)CN1CCCOCC1)c1nc(-c2cc(C)ccc2F)no1. The van der Waals surface area contributed by atoms with Gasteiger partial charge in [-0.05, 0) is 38.0 Å². The van der Waals surface area contributed by atoms with Gasteiger partial charge in [0, 0.05) is 33.3 Å². The third kappa shape index (κ3) is 4.84. The summed E-state index contributed by atoms with van der Waals surface area (Å²) in [6.07, 6.45) is 0.995. The molecular weight excluding hydrogens is 349 g/mol. The number of hydrogen-bond acceptors (Lipinski definition) is 7. The molecule has 0 radical (unpaired) electrons. The van der Waals surface area contributed by atoms with Crippen LogP contribution in [-0.4, -0.2) is 54.9 Å². The van der Waals surface area contributed by atoms with E-state index in [2.05, 4.69) is 25.3 Å². The summed E-state index contributed by atoms with van der Waals surface area (Å²) in [4.78, 5) is 6.66. The molecule has 0 atom stereocenters. The van der Waals surface area contributed by atoms with Gasteiger partial charge in [0.2, 0.25) is 5.82 Å². The van der Waals surface area contributed by atoms with Crippen LogP contribution in [0.3, 0.4) is 0 Å². The highest BCUT2D eigenvalue weighted by Crippen LogP contribution is 2.25. The molecule has 0 aliphatic carbocycles. The van der Waals surface area contributed by atoms with Crippen LogP contribution in [0.1, 0.15) is 24.8 Å². The second-order valence-corrected chi connectivity index (χ2v) is 6.58. The van der Waals surface area contributed by atoms with E-state index >= 15 is 0 Å². The Morgan fingerprint density at radius 3 is 2.96 bits per heavy atom. The fourth-order valence-electron chi connectivity index (χ4n) is 3.02. The summed E-state index contributed by atoms with van der Waals surface area (Å²) in [5.74, 6) is 0.0444. The minimum atomic E-state index is -0.392. The zero-order valence-corrected chi connectivity index (χ0v) is 15.9. The van der Waals surface area contributed by atoms with Crippen molar-refractivity contribution in [1.82, 2.24) is 15.0 Å². The van der Waals surface area contributed by atoms with Gasteiger partial charge in [-0.15, -0.1) is 0 Å². The second-order valence-electron chi connectivity index (χ2n) is 6.58. The number of rotatable bonds is 5. The van der Waals surface area contributed by atoms with E-state index in [1.165, 1.54) is 6.07 Å². The Kier molecular flexibility index (Phi) is 6.41. The highest BCUT2D eigenvalue weighted by atomic mass is 19.1. The van der Waals surface area contributed by atoms with Crippen molar-refractivity contribution < 1.29 is 13.7 Å². The smallest absolute Gasteiger partial charge is 0.278 e. The molecule has 0 N–H and O–H groups in total. The summed E-state index contributed by atoms with van der Waals surface area (Å²) >= 11 is 0. The van der Waals surface area contributed by atoms with Gasteiger partial charge >= 0.3 is 0 Å². The molecule has 1 aromatic heterocycles. The number of benzene rings is 1. The molecule has 0 amide bonds. The molecule has 0 bridgehead atoms. The monoisotopic (exact) mass is 373 g/mol. The predicted molar refractivity (Wildman–Crippen MR) is 99.7 cm³/mol. The summed E-state index contributed by atoms with van der Waals surface area (Å²) < 4.78 is 25.0. The van der Waals surface area contributed by atoms with Crippen LogP contribution in [0.15, 0.2) is 38.5 Å². The normalized spacial score (nSPS) is 17.2. The van der Waals surface area contributed by atoms with Crippen molar-refractivity contribution in [1.29, 1.82) is 0 Å². The standard InChI is InChI=1S/C19H24FN5O2/c1-13-5-6-16(20)15(11-13)18-22-19(27-24-18)17(23-21-3)14(2)12-25-7-4-9-26-10-8-25/h5-6,11H,4,7-10,12H2,1-3H3/b17-14+,23-21?. The molecule has 3 rings (SSSR count). The zero-order chi connectivity index (χ0) is 19.2. The summed E-state index contributed by atoms with van der Waals surface area (Å²) in [5.41, 5.74) is 2.71. The number of azo groups is 1. The highest BCUT2D eigenvalue weighted by Gasteiger charge is 2.19. The largest absolute Gasteiger partial charge is 0.380 e. The lowest BCUT2D eigenvalue weighted by Crippen LogP contribution is -2.28. The van der Waals surface area contributed by atoms with Gasteiger partial charge in [-0.25, -0.2) is 4.39 Å². The quantitative estimate of drug-likeness (QED) is 0.747. The molecular formula is C19H24FN5O2. The van der Waals surface area contributed by atoms with Crippen molar-refractivity contribution in [3.63, 3.8) is 0 Å². The molecule has 2 aromatic rings. The van der Waals surface area contributed by atoms with Crippen molar-refractivity contribution in [3.05, 3.63) is 41.0 Å². The molecule has 7 nitrogen and oxygen atoms in total. The van der Waals surface area contributed by atoms with Crippen molar-refractivity contribution in [2.24, 2.45) is 10.2 Å². The van der Waals surface area contributed by atoms with Gasteiger partial charge in [-0.1, -0.05) is 16.8 Å². The van der Waals surface area contributed by atoms with Gasteiger partial charge < -0.3 is 9.26 Å². The Hall–Kier alpha value is -2.45. The molecule has 8 heteroatoms. The number of halogens is 1. The number of aromatic nitrogens is 2. The molecule has 27 heavy (non-hydrogen) atoms. The molecule has 0 saturated carbocycles. The van der Waals surface area contributed by atoms with Gasteiger partial charge in [0.15, 0.2) is 5.70 Å². The number of aryl methyl sites for hydroxylation is 1. The van der Waals surface area contributed by atoms with E-state index in [0.717, 1.165) is 43.9 Å². The fraction of sp³-hybridized carbons (Fsp3) is 0.474. The zero-order valence-electron chi connectivity index (χ0n) is 15.9. The first-order valence-electron chi connectivity index (χ1n) is 8.98. The van der Waals surface area contributed by atoms with Crippen LogP contribution in [-0.2, 0) is 4.74 Å². The van der Waals surface area contributed by atoms with E-state index in [1.54, 1.807) is 19.2 Å². The maximum atomic E-state index is 14.1. The van der Waals surface area contributed by atoms with E-state index in [-0.39, 0.29) is 11.7 Å². The van der Waals surface area contributed by atoms with Crippen LogP contribution in [0.2, 0.25) is 0 Å². The summed E-state index contributed by atoms with van der Waals surface area (Å²) in [5, 5.41) is 12.0. The maximum Gasteiger partial charge on any atom is 0.278 e. The topological polar surface area (TPSA) is 76.1 Å². The third-order valence-electron chi connectivity index (χ3n) is 4.37. The molecule has 0 spiro atoms. The fourth-order valence-corrected chi connectivity index (χ4v) is 3.02. The highest BCUT2D eigenvalue weighted by molar-refractivity contribution is 5.64. The van der Waals surface area contributed by atoms with Gasteiger partial charge in [-0.2, -0.15) is 15.2 Å². The van der Waals surface area contributed by atoms with Crippen LogP contribution in [0.4, 0.5) is 4.39 Å². The van der Waals surface area contributed by atoms with Crippen LogP contribution < -0.4 is 0 Å². The average molecular weight is 373 g/mol. The Balaban J connectivity index is 1.88. The second kappa shape index (κ2) is 8.96. The van der Waals surface area contributed by atoms with E-state index in [1.807, 2.05) is 13.8 Å². The molecule has 1 aliphatic heterocycles. The minimum Gasteiger partial charge on any atom is -0.380 e. The molecule has 1 saturated heterocycles. The minimum absolute atomic E-state index is 0.200. The lowest BCUT2D eigenvalue weighted by atomic mass is 10.1. The van der Waals surface area contributed by atoms with E-state index in [4.69, 9.17) is 9.26 Å². The van der Waals surface area contributed by atoms with Crippen molar-refractivity contribution >= 4 is 5.70 Å². The number of ether oxygens (including phenoxy) is 1. The summed E-state index contributed by atoms with van der Waals surface area (Å²) in [6, 6.07) is 4.79. The molecule has 0 unspecified atom stereocenters. The van der Waals surface area contributed by atoms with Crippen LogP contribution in [0.5, 0.6) is 0 Å². The van der Waals surface area contributed by atoms with Crippen molar-refractivity contribution in [2.75, 3.05) is 39.9 Å². The Morgan fingerprint density at radius 2 is 2.15 bits per heavy atom. The summed E-state index contributed by atoms with van der Waals surface area (Å²) in [7, 11) is 1.59. The van der Waals surface area contributed by atoms with Crippen LogP contribution >= 0.6 is 0 Å². The Labute approximate surface area is 157 Å². The first kappa shape index (κ1) is 19.3. The first-order valence-corrected chi connectivity index (χ1v) is 8.98. The van der Waals surface area contributed by atoms with Crippen molar-refractivity contribution in [3.8, 4) is 11.4 Å². The van der Waals surface area contributed by atoms with E-state index in [0.29, 0.717) is 17.8 Å². The van der Waals surface area contributed by atoms with Crippen LogP contribution in [0.25, 0.3) is 17.1 Å². The molecule has 2 heterocycles. The van der Waals surface area contributed by atoms with Gasteiger partial charge in [-0.3, -0.25) is 4.90 Å². The van der Waals surface area contributed by atoms with Gasteiger partial charge in [0.1, 0.15) is 5.82 Å². The number of nitrogens with zero attached hydrogens (tertiary/aromatic N) is 5. The average Bonchev–Trinajstić information content (AvgIpc) is 2.99. The molecule has 144 valence electrons. The molecule has 1 aliphatic rings. The lowest BCUT2D eigenvalue weighted by molar-refractivity contribution is 0.143. The van der Waals surface area contributed by atoms with Crippen LogP contribution in [0, 0.1) is 12.7 Å². The Bertz CT molecular complexity index is 838. The van der Waals surface area contributed by atoms with Crippen molar-refractivity contribution in [2.45, 2.75) is 20.3 Å². The van der Waals surface area contributed by atoms with E-state index in [9.17, 15) is 4.39 Å². The maximum absolute atomic E-state index is 14.1. The lowest BCUT2D eigenvalue weighted by Gasteiger charge is -2.19. The van der Waals surface area contributed by atoms with Gasteiger partial charge in [0.25, 0.3) is 5.89 Å². The van der Waals surface area contributed by atoms with Gasteiger partial charge in [0.05, 0.1) is 12.2 Å².